The standard InChI is InChI=1S/C17H31N3/c1-12-9-19-7-3-2-4-15(19)10-20(12)11-16-13-5-6-14(8-13)17(16)18/h12-17H,2-11,18H2,1H3. The first-order chi connectivity index (χ1) is 9.72. The molecule has 0 aromatic carbocycles. The predicted octanol–water partition coefficient (Wildman–Crippen LogP) is 1.92. The first-order valence-corrected chi connectivity index (χ1v) is 8.96. The number of fused-ring (bicyclic) bond motifs is 3. The van der Waals surface area contributed by atoms with Gasteiger partial charge in [-0.2, -0.15) is 0 Å². The highest BCUT2D eigenvalue weighted by Crippen LogP contribution is 2.48. The molecule has 4 aliphatic rings. The van der Waals surface area contributed by atoms with Crippen LogP contribution in [-0.2, 0) is 0 Å². The topological polar surface area (TPSA) is 32.5 Å². The molecule has 0 amide bonds. The molecule has 2 saturated carbocycles. The number of hydrogen-bond donors (Lipinski definition) is 1. The maximum Gasteiger partial charge on any atom is 0.0223 e. The quantitative estimate of drug-likeness (QED) is 0.837. The largest absolute Gasteiger partial charge is 0.327 e. The van der Waals surface area contributed by atoms with Crippen LogP contribution in [0.3, 0.4) is 0 Å². The van der Waals surface area contributed by atoms with Crippen molar-refractivity contribution in [2.45, 2.75) is 63.6 Å². The SMILES string of the molecule is CC1CN2CCCCC2CN1CC1C2CCC(C2)C1N. The van der Waals surface area contributed by atoms with Crippen molar-refractivity contribution in [2.75, 3.05) is 26.2 Å². The Bertz CT molecular complexity index is 356. The molecule has 20 heavy (non-hydrogen) atoms. The summed E-state index contributed by atoms with van der Waals surface area (Å²) in [5, 5.41) is 0. The molecule has 6 unspecified atom stereocenters. The van der Waals surface area contributed by atoms with Crippen LogP contribution in [0.1, 0.15) is 45.4 Å². The summed E-state index contributed by atoms with van der Waals surface area (Å²) >= 11 is 0. The van der Waals surface area contributed by atoms with Crippen LogP contribution in [0, 0.1) is 17.8 Å². The zero-order valence-corrected chi connectivity index (χ0v) is 13.0. The van der Waals surface area contributed by atoms with Gasteiger partial charge in [-0.15, -0.1) is 0 Å². The van der Waals surface area contributed by atoms with Crippen LogP contribution in [0.5, 0.6) is 0 Å². The van der Waals surface area contributed by atoms with E-state index in [9.17, 15) is 0 Å². The number of hydrogen-bond acceptors (Lipinski definition) is 3. The Hall–Kier alpha value is -0.120. The number of rotatable bonds is 2. The van der Waals surface area contributed by atoms with E-state index < -0.39 is 0 Å². The predicted molar refractivity (Wildman–Crippen MR) is 82.5 cm³/mol. The summed E-state index contributed by atoms with van der Waals surface area (Å²) in [6, 6.07) is 2.08. The van der Waals surface area contributed by atoms with E-state index in [1.807, 2.05) is 0 Å². The lowest BCUT2D eigenvalue weighted by atomic mass is 9.84. The Labute approximate surface area is 123 Å². The molecule has 3 heteroatoms. The Kier molecular flexibility index (Phi) is 3.56. The molecule has 0 spiro atoms. The molecule has 114 valence electrons. The van der Waals surface area contributed by atoms with E-state index in [1.165, 1.54) is 64.7 Å². The van der Waals surface area contributed by atoms with Gasteiger partial charge in [0, 0.05) is 37.8 Å². The van der Waals surface area contributed by atoms with Crippen LogP contribution in [0.25, 0.3) is 0 Å². The van der Waals surface area contributed by atoms with Crippen LogP contribution in [0.4, 0.5) is 0 Å². The second kappa shape index (κ2) is 5.26. The van der Waals surface area contributed by atoms with Gasteiger partial charge < -0.3 is 5.73 Å². The number of piperidine rings is 1. The zero-order valence-electron chi connectivity index (χ0n) is 13.0. The molecule has 2 aliphatic heterocycles. The van der Waals surface area contributed by atoms with E-state index in [4.69, 9.17) is 5.73 Å². The van der Waals surface area contributed by atoms with E-state index in [-0.39, 0.29) is 0 Å². The van der Waals surface area contributed by atoms with Crippen LogP contribution in [0.2, 0.25) is 0 Å². The second-order valence-corrected chi connectivity index (χ2v) is 8.02. The fraction of sp³-hybridized carbons (Fsp3) is 1.00. The molecule has 0 aromatic heterocycles. The Balaban J connectivity index is 1.41. The third-order valence-electron chi connectivity index (χ3n) is 6.92. The van der Waals surface area contributed by atoms with Gasteiger partial charge in [0.15, 0.2) is 0 Å². The van der Waals surface area contributed by atoms with Gasteiger partial charge >= 0.3 is 0 Å². The normalized spacial score (nSPS) is 49.5. The summed E-state index contributed by atoms with van der Waals surface area (Å²) < 4.78 is 0. The third-order valence-corrected chi connectivity index (χ3v) is 6.92. The van der Waals surface area contributed by atoms with Gasteiger partial charge in [0.2, 0.25) is 0 Å². The molecule has 6 atom stereocenters. The molecule has 2 N–H and O–H groups in total. The van der Waals surface area contributed by atoms with Crippen LogP contribution in [-0.4, -0.2) is 54.1 Å². The fourth-order valence-corrected chi connectivity index (χ4v) is 5.66. The number of piperazine rings is 1. The average Bonchev–Trinajstić information content (AvgIpc) is 3.03. The van der Waals surface area contributed by atoms with Crippen LogP contribution < -0.4 is 5.73 Å². The maximum absolute atomic E-state index is 6.52. The summed E-state index contributed by atoms with van der Waals surface area (Å²) in [6.45, 7) is 7.66. The first-order valence-electron chi connectivity index (χ1n) is 8.96. The smallest absolute Gasteiger partial charge is 0.0223 e. The third kappa shape index (κ3) is 2.22. The van der Waals surface area contributed by atoms with Crippen molar-refractivity contribution < 1.29 is 0 Å². The van der Waals surface area contributed by atoms with E-state index >= 15 is 0 Å². The Morgan fingerprint density at radius 2 is 1.90 bits per heavy atom. The van der Waals surface area contributed by atoms with Gasteiger partial charge in [0.25, 0.3) is 0 Å². The van der Waals surface area contributed by atoms with Crippen molar-refractivity contribution in [3.8, 4) is 0 Å². The van der Waals surface area contributed by atoms with Gasteiger partial charge in [0.1, 0.15) is 0 Å². The van der Waals surface area contributed by atoms with Gasteiger partial charge in [0.05, 0.1) is 0 Å². The monoisotopic (exact) mass is 277 g/mol. The average molecular weight is 277 g/mol. The molecule has 2 saturated heterocycles. The highest BCUT2D eigenvalue weighted by Gasteiger charge is 2.47. The summed E-state index contributed by atoms with van der Waals surface area (Å²) in [6.07, 6.45) is 8.59. The van der Waals surface area contributed by atoms with Crippen molar-refractivity contribution in [3.63, 3.8) is 0 Å². The second-order valence-electron chi connectivity index (χ2n) is 8.02. The van der Waals surface area contributed by atoms with E-state index in [2.05, 4.69) is 16.7 Å². The van der Waals surface area contributed by atoms with Gasteiger partial charge in [-0.05, 0) is 63.3 Å². The van der Waals surface area contributed by atoms with E-state index in [0.29, 0.717) is 6.04 Å². The number of nitrogens with zero attached hydrogens (tertiary/aromatic N) is 2. The van der Waals surface area contributed by atoms with Gasteiger partial charge in [-0.3, -0.25) is 9.80 Å². The lowest BCUT2D eigenvalue weighted by Gasteiger charge is -2.49. The minimum absolute atomic E-state index is 0.505. The van der Waals surface area contributed by atoms with Crippen molar-refractivity contribution in [3.05, 3.63) is 0 Å². The Morgan fingerprint density at radius 1 is 1.05 bits per heavy atom. The molecule has 2 heterocycles. The maximum atomic E-state index is 6.52. The van der Waals surface area contributed by atoms with E-state index in [0.717, 1.165) is 29.8 Å². The molecule has 0 radical (unpaired) electrons. The molecule has 4 rings (SSSR count). The Morgan fingerprint density at radius 3 is 2.70 bits per heavy atom. The van der Waals surface area contributed by atoms with Crippen molar-refractivity contribution in [1.29, 1.82) is 0 Å². The van der Waals surface area contributed by atoms with E-state index in [1.54, 1.807) is 0 Å². The van der Waals surface area contributed by atoms with Gasteiger partial charge in [-0.25, -0.2) is 0 Å². The number of nitrogens with two attached hydrogens (primary N) is 1. The van der Waals surface area contributed by atoms with Crippen molar-refractivity contribution >= 4 is 0 Å². The molecule has 0 aromatic rings. The van der Waals surface area contributed by atoms with Crippen molar-refractivity contribution in [2.24, 2.45) is 23.5 Å². The lowest BCUT2D eigenvalue weighted by Crippen LogP contribution is -2.60. The molecule has 2 bridgehead atoms. The molecular formula is C17H31N3. The highest BCUT2D eigenvalue weighted by atomic mass is 15.3. The summed E-state index contributed by atoms with van der Waals surface area (Å²) in [5.74, 6) is 2.61. The van der Waals surface area contributed by atoms with Gasteiger partial charge in [-0.1, -0.05) is 6.42 Å². The molecular weight excluding hydrogens is 246 g/mol. The van der Waals surface area contributed by atoms with Crippen LogP contribution in [0.15, 0.2) is 0 Å². The zero-order chi connectivity index (χ0) is 13.7. The minimum atomic E-state index is 0.505. The lowest BCUT2D eigenvalue weighted by molar-refractivity contribution is 0.00162. The van der Waals surface area contributed by atoms with Crippen LogP contribution >= 0.6 is 0 Å². The molecule has 2 aliphatic carbocycles. The first kappa shape index (κ1) is 13.5. The summed E-state index contributed by atoms with van der Waals surface area (Å²) in [5.41, 5.74) is 6.52. The molecule has 3 nitrogen and oxygen atoms in total. The summed E-state index contributed by atoms with van der Waals surface area (Å²) in [7, 11) is 0. The molecule has 4 fully saturated rings. The van der Waals surface area contributed by atoms with Crippen molar-refractivity contribution in [1.82, 2.24) is 9.80 Å². The summed E-state index contributed by atoms with van der Waals surface area (Å²) in [4.78, 5) is 5.54. The fourth-order valence-electron chi connectivity index (χ4n) is 5.66. The minimum Gasteiger partial charge on any atom is -0.327 e. The highest BCUT2D eigenvalue weighted by molar-refractivity contribution is 5.01.